The predicted molar refractivity (Wildman–Crippen MR) is 306 cm³/mol. The maximum atomic E-state index is 7.09. The molecule has 0 atom stereocenters. The smallest absolute Gasteiger partial charge is 0.311 e. The van der Waals surface area contributed by atoms with Gasteiger partial charge in [-0.2, -0.15) is 0 Å². The zero-order valence-corrected chi connectivity index (χ0v) is 59.1. The highest BCUT2D eigenvalue weighted by molar-refractivity contribution is 7.75. The van der Waals surface area contributed by atoms with E-state index in [1.807, 2.05) is 0 Å². The topological polar surface area (TPSA) is 73.8 Å². The molecule has 0 rings (SSSR count). The molecule has 0 aromatic heterocycles. The fourth-order valence-electron chi connectivity index (χ4n) is 9.93. The Morgan fingerprint density at radius 2 is 0.377 bits per heavy atom. The number of hydrogen-bond donors (Lipinski definition) is 0. The number of hydrogen-bond acceptors (Lipinski definition) is 8. The summed E-state index contributed by atoms with van der Waals surface area (Å²) in [6.45, 7) is 65.4. The largest absolute Gasteiger partial charge is 0.437 e. The van der Waals surface area contributed by atoms with E-state index in [0.717, 1.165) is 0 Å². The van der Waals surface area contributed by atoms with Crippen LogP contribution in [-0.2, 0) is 32.9 Å². The zero-order chi connectivity index (χ0) is 48.6. The van der Waals surface area contributed by atoms with Crippen LogP contribution in [0, 0.1) is 0 Å². The highest BCUT2D eigenvalue weighted by Crippen LogP contribution is 2.62. The molecular formula is C40H108O8PSi12+. The Morgan fingerprint density at radius 1 is 0.230 bits per heavy atom. The Balaban J connectivity index is 6.78. The van der Waals surface area contributed by atoms with E-state index in [1.165, 1.54) is 74.5 Å². The summed E-state index contributed by atoms with van der Waals surface area (Å²) in [7, 11) is -24.7. The van der Waals surface area contributed by atoms with Gasteiger partial charge in [0, 0.05) is 7.26 Å². The molecule has 0 saturated heterocycles. The summed E-state index contributed by atoms with van der Waals surface area (Å²) < 4.78 is 55.2. The summed E-state index contributed by atoms with van der Waals surface area (Å²) in [6.07, 6.45) is 10.5. The highest BCUT2D eigenvalue weighted by atomic mass is 31.2. The SMILES string of the molecule is C[Si](C)(C)O[Si](C)(C)O[Si](C)(C)CCC[P+](CCC[Si](C)(C)O[Si](C)(C)O[Si](C)(C)C)(CCC[Si](C)(C)O[Si](C)(C)O[Si](C)(C)C)CCC[Si](C)(C)O[Si](C)(C)O[Si](C)(C)C. The van der Waals surface area contributed by atoms with E-state index in [0.29, 0.717) is 0 Å². The van der Waals surface area contributed by atoms with Crippen LogP contribution in [0.15, 0.2) is 0 Å². The van der Waals surface area contributed by atoms with Gasteiger partial charge >= 0.3 is 34.2 Å². The van der Waals surface area contributed by atoms with Crippen LogP contribution >= 0.6 is 7.26 Å². The molecule has 368 valence electrons. The molecule has 0 saturated carbocycles. The van der Waals surface area contributed by atoms with Gasteiger partial charge in [0.15, 0.2) is 66.5 Å². The quantitative estimate of drug-likeness (QED) is 0.0487. The maximum absolute atomic E-state index is 7.09. The molecule has 0 bridgehead atoms. The lowest BCUT2D eigenvalue weighted by Crippen LogP contribution is -2.51. The molecule has 61 heavy (non-hydrogen) atoms. The third-order valence-electron chi connectivity index (χ3n) is 9.94. The van der Waals surface area contributed by atoms with Gasteiger partial charge in [-0.05, 0) is 233 Å². The van der Waals surface area contributed by atoms with Crippen LogP contribution in [0.5, 0.6) is 0 Å². The average molecular weight is 1090 g/mol. The predicted octanol–water partition coefficient (Wildman–Crippen LogP) is 15.7. The van der Waals surface area contributed by atoms with Crippen LogP contribution in [-0.4, -0.2) is 125 Å². The Morgan fingerprint density at radius 3 is 0.508 bits per heavy atom. The first kappa shape index (κ1) is 63.7. The van der Waals surface area contributed by atoms with Crippen LogP contribution in [0.1, 0.15) is 25.7 Å². The van der Waals surface area contributed by atoms with Gasteiger partial charge in [-0.25, -0.2) is 0 Å². The lowest BCUT2D eigenvalue weighted by molar-refractivity contribution is 0.390. The minimum atomic E-state index is -2.21. The van der Waals surface area contributed by atoms with Crippen LogP contribution in [0.2, 0.25) is 207 Å². The monoisotopic (exact) mass is 1080 g/mol. The van der Waals surface area contributed by atoms with Crippen molar-refractivity contribution in [1.29, 1.82) is 0 Å². The van der Waals surface area contributed by atoms with E-state index in [1.54, 1.807) is 0 Å². The molecule has 0 fully saturated rings. The molecule has 0 unspecified atom stereocenters. The van der Waals surface area contributed by atoms with Crippen molar-refractivity contribution in [2.45, 2.75) is 233 Å². The second-order valence-electron chi connectivity index (χ2n) is 26.6. The molecule has 0 aliphatic carbocycles. The summed E-state index contributed by atoms with van der Waals surface area (Å²) in [4.78, 5) is 0. The standard InChI is InChI=1S/C40H108O8PSi12/c1-50(2,3)41-58(21,22)45-54(13,14)37-29-33-49(34-30-38-55(15,16)46-59(23,24)42-51(4,5)6,35-31-39-56(17,18)47-60(25,26)43-52(7,8)9)36-32-40-57(19,20)48-61(27,28)44-53(10,11)12/h29-40H2,1-28H3/q+1. The second-order valence-corrected chi connectivity index (χ2v) is 81.7. The Bertz CT molecular complexity index is 1110. The summed E-state index contributed by atoms with van der Waals surface area (Å²) in [5, 5.41) is 0. The normalized spacial score (nSPS) is 15.5. The van der Waals surface area contributed by atoms with E-state index < -0.39 is 108 Å². The molecular weight excluding hydrogens is 976 g/mol. The molecule has 21 heteroatoms. The van der Waals surface area contributed by atoms with Crippen LogP contribution < -0.4 is 0 Å². The molecule has 0 aliphatic rings. The van der Waals surface area contributed by atoms with Gasteiger partial charge in [-0.15, -0.1) is 0 Å². The minimum Gasteiger partial charge on any atom is -0.437 e. The van der Waals surface area contributed by atoms with Gasteiger partial charge in [0.05, 0.1) is 24.6 Å². The van der Waals surface area contributed by atoms with E-state index in [9.17, 15) is 0 Å². The third-order valence-corrected chi connectivity index (χ3v) is 55.6. The van der Waals surface area contributed by atoms with Gasteiger partial charge in [0.25, 0.3) is 0 Å². The van der Waals surface area contributed by atoms with Crippen LogP contribution in [0.4, 0.5) is 0 Å². The van der Waals surface area contributed by atoms with Crippen LogP contribution in [0.3, 0.4) is 0 Å². The lowest BCUT2D eigenvalue weighted by atomic mass is 10.5. The Hall–Kier alpha value is 2.71. The van der Waals surface area contributed by atoms with E-state index in [2.05, 4.69) is 183 Å². The molecule has 0 N–H and O–H groups in total. The zero-order valence-electron chi connectivity index (χ0n) is 46.2. The van der Waals surface area contributed by atoms with Crippen molar-refractivity contribution in [3.8, 4) is 0 Å². The Labute approximate surface area is 396 Å². The summed E-state index contributed by atoms with van der Waals surface area (Å²) in [6, 6.07) is 4.80. The van der Waals surface area contributed by atoms with Crippen molar-refractivity contribution >= 4 is 108 Å². The molecule has 8 nitrogen and oxygen atoms in total. The maximum Gasteiger partial charge on any atom is 0.311 e. The lowest BCUT2D eigenvalue weighted by Gasteiger charge is -2.39. The van der Waals surface area contributed by atoms with Gasteiger partial charge in [0.1, 0.15) is 0 Å². The van der Waals surface area contributed by atoms with E-state index in [4.69, 9.17) is 32.9 Å². The average Bonchev–Trinajstić information content (AvgIpc) is 2.83. The van der Waals surface area contributed by atoms with Crippen molar-refractivity contribution in [1.82, 2.24) is 0 Å². The van der Waals surface area contributed by atoms with Gasteiger partial charge in [-0.1, -0.05) is 0 Å². The van der Waals surface area contributed by atoms with Crippen LogP contribution in [0.25, 0.3) is 0 Å². The molecule has 0 aromatic rings. The van der Waals surface area contributed by atoms with Crippen molar-refractivity contribution in [3.63, 3.8) is 0 Å². The van der Waals surface area contributed by atoms with E-state index in [-0.39, 0.29) is 0 Å². The first-order valence-corrected chi connectivity index (χ1v) is 63.8. The van der Waals surface area contributed by atoms with E-state index >= 15 is 0 Å². The van der Waals surface area contributed by atoms with Crippen molar-refractivity contribution in [2.75, 3.05) is 24.6 Å². The first-order chi connectivity index (χ1) is 26.5. The first-order valence-electron chi connectivity index (χ1n) is 23.9. The van der Waals surface area contributed by atoms with Crippen molar-refractivity contribution < 1.29 is 32.9 Å². The summed E-state index contributed by atoms with van der Waals surface area (Å²) in [5.74, 6) is 0. The fourth-order valence-corrected chi connectivity index (χ4v) is 68.6. The molecule has 0 radical (unpaired) electrons. The highest BCUT2D eigenvalue weighted by Gasteiger charge is 2.45. The molecule has 0 spiro atoms. The third kappa shape index (κ3) is 33.8. The van der Waals surface area contributed by atoms with Crippen molar-refractivity contribution in [3.05, 3.63) is 0 Å². The number of rotatable bonds is 32. The van der Waals surface area contributed by atoms with Crippen molar-refractivity contribution in [2.24, 2.45) is 0 Å². The molecule has 0 amide bonds. The van der Waals surface area contributed by atoms with Gasteiger partial charge in [0.2, 0.25) is 0 Å². The molecule has 0 aliphatic heterocycles. The van der Waals surface area contributed by atoms with Gasteiger partial charge in [-0.3, -0.25) is 0 Å². The minimum absolute atomic E-state index is 1.20. The fraction of sp³-hybridized carbons (Fsp3) is 1.00. The van der Waals surface area contributed by atoms with Gasteiger partial charge < -0.3 is 32.9 Å². The molecule has 0 aromatic carbocycles. The molecule has 0 heterocycles. The summed E-state index contributed by atoms with van der Waals surface area (Å²) >= 11 is 0. The Kier molecular flexibility index (Phi) is 24.6. The second kappa shape index (κ2) is 23.5. The summed E-state index contributed by atoms with van der Waals surface area (Å²) in [5.41, 5.74) is 0.